The van der Waals surface area contributed by atoms with Crippen molar-refractivity contribution in [2.45, 2.75) is 23.1 Å². The van der Waals surface area contributed by atoms with Crippen LogP contribution in [0.5, 0.6) is 0 Å². The topological polar surface area (TPSA) is 84.7 Å². The van der Waals surface area contributed by atoms with E-state index < -0.39 is 15.8 Å². The van der Waals surface area contributed by atoms with Gasteiger partial charge in [-0.05, 0) is 23.8 Å². The summed E-state index contributed by atoms with van der Waals surface area (Å²) in [6, 6.07) is 14.0. The molecule has 3 aromatic rings. The second-order valence-corrected chi connectivity index (χ2v) is 11.4. The molecule has 0 spiro atoms. The molecular formula is C25H24F2N4O4S. The van der Waals surface area contributed by atoms with E-state index in [-0.39, 0.29) is 35.3 Å². The first kappa shape index (κ1) is 23.3. The van der Waals surface area contributed by atoms with Gasteiger partial charge in [-0.15, -0.1) is 0 Å². The summed E-state index contributed by atoms with van der Waals surface area (Å²) in [7, 11) is -3.65. The molecule has 3 aliphatic rings. The summed E-state index contributed by atoms with van der Waals surface area (Å²) in [6.07, 6.45) is 0. The molecule has 6 rings (SSSR count). The molecule has 2 aromatic carbocycles. The molecule has 0 radical (unpaired) electrons. The van der Waals surface area contributed by atoms with Gasteiger partial charge in [-0.1, -0.05) is 30.3 Å². The lowest BCUT2D eigenvalue weighted by molar-refractivity contribution is -0.133. The molecule has 0 bridgehead atoms. The summed E-state index contributed by atoms with van der Waals surface area (Å²) in [6.45, 7) is 1.57. The van der Waals surface area contributed by atoms with E-state index in [2.05, 4.69) is 5.10 Å². The number of benzene rings is 2. The van der Waals surface area contributed by atoms with Crippen LogP contribution in [-0.2, 0) is 26.9 Å². The second-order valence-electron chi connectivity index (χ2n) is 9.41. The number of nitrogens with zero attached hydrogens (tertiary/aromatic N) is 4. The number of hydrogen-bond donors (Lipinski definition) is 0. The number of fused-ring (bicyclic) bond motifs is 3. The average Bonchev–Trinajstić information content (AvgIpc) is 3.22. The number of amides is 1. The van der Waals surface area contributed by atoms with Crippen molar-refractivity contribution in [2.24, 2.45) is 0 Å². The van der Waals surface area contributed by atoms with Gasteiger partial charge < -0.3 is 9.64 Å². The quantitative estimate of drug-likeness (QED) is 0.533. The zero-order valence-electron chi connectivity index (χ0n) is 19.4. The third kappa shape index (κ3) is 4.00. The molecular weight excluding hydrogens is 490 g/mol. The van der Waals surface area contributed by atoms with Crippen molar-refractivity contribution < 1.29 is 26.7 Å². The fourth-order valence-electron chi connectivity index (χ4n) is 5.06. The maximum Gasteiger partial charge on any atom is 0.274 e. The summed E-state index contributed by atoms with van der Waals surface area (Å²) < 4.78 is 59.6. The molecule has 3 aliphatic heterocycles. The number of ether oxygens (including phenoxy) is 1. The van der Waals surface area contributed by atoms with E-state index in [1.54, 1.807) is 38.7 Å². The molecule has 2 saturated heterocycles. The Balaban J connectivity index is 1.42. The van der Waals surface area contributed by atoms with Crippen LogP contribution in [0.3, 0.4) is 0 Å². The fourth-order valence-corrected chi connectivity index (χ4v) is 6.66. The highest BCUT2D eigenvalue weighted by Gasteiger charge is 2.43. The van der Waals surface area contributed by atoms with Gasteiger partial charge in [0.1, 0.15) is 0 Å². The van der Waals surface area contributed by atoms with Crippen LogP contribution >= 0.6 is 0 Å². The van der Waals surface area contributed by atoms with E-state index in [1.165, 1.54) is 0 Å². The summed E-state index contributed by atoms with van der Waals surface area (Å²) in [4.78, 5) is 17.0. The average molecular weight is 515 g/mol. The van der Waals surface area contributed by atoms with Gasteiger partial charge in [0.15, 0.2) is 15.5 Å². The molecule has 0 saturated carbocycles. The maximum atomic E-state index is 13.4. The van der Waals surface area contributed by atoms with Gasteiger partial charge in [0, 0.05) is 30.8 Å². The number of likely N-dealkylation sites (tertiary alicyclic amines) is 1. The SMILES string of the molecule is O=C(c1nn(-c2ccc(CN3CC(F)(F)C3)cc2)c2c1CS(=O)(=O)c1ccccc1-2)N1CCOCC1. The van der Waals surface area contributed by atoms with Crippen LogP contribution in [0.25, 0.3) is 16.9 Å². The maximum absolute atomic E-state index is 13.4. The normalized spacial score (nSPS) is 20.3. The lowest BCUT2D eigenvalue weighted by atomic mass is 10.0. The fraction of sp³-hybridized carbons (Fsp3) is 0.360. The van der Waals surface area contributed by atoms with E-state index in [1.807, 2.05) is 24.3 Å². The molecule has 0 N–H and O–H groups in total. The van der Waals surface area contributed by atoms with E-state index in [9.17, 15) is 22.0 Å². The Morgan fingerprint density at radius 1 is 1.03 bits per heavy atom. The smallest absolute Gasteiger partial charge is 0.274 e. The van der Waals surface area contributed by atoms with Gasteiger partial charge in [0.05, 0.1) is 48.3 Å². The Morgan fingerprint density at radius 2 is 1.72 bits per heavy atom. The molecule has 0 atom stereocenters. The molecule has 36 heavy (non-hydrogen) atoms. The molecule has 11 heteroatoms. The van der Waals surface area contributed by atoms with Crippen LogP contribution in [0.1, 0.15) is 21.6 Å². The molecule has 2 fully saturated rings. The number of rotatable bonds is 4. The van der Waals surface area contributed by atoms with E-state index >= 15 is 0 Å². The van der Waals surface area contributed by atoms with Crippen molar-refractivity contribution in [1.29, 1.82) is 0 Å². The highest BCUT2D eigenvalue weighted by atomic mass is 32.2. The van der Waals surface area contributed by atoms with Crippen LogP contribution in [0.4, 0.5) is 8.78 Å². The van der Waals surface area contributed by atoms with Crippen LogP contribution in [0.15, 0.2) is 53.4 Å². The number of morpholine rings is 1. The minimum atomic E-state index is -3.65. The molecule has 1 aromatic heterocycles. The van der Waals surface area contributed by atoms with E-state index in [4.69, 9.17) is 4.74 Å². The number of alkyl halides is 2. The largest absolute Gasteiger partial charge is 0.378 e. The first-order valence-corrected chi connectivity index (χ1v) is 13.4. The Labute approximate surface area is 207 Å². The molecule has 8 nitrogen and oxygen atoms in total. The van der Waals surface area contributed by atoms with Crippen LogP contribution in [0.2, 0.25) is 0 Å². The lowest BCUT2D eigenvalue weighted by Gasteiger charge is -2.38. The van der Waals surface area contributed by atoms with E-state index in [0.29, 0.717) is 55.4 Å². The number of sulfone groups is 1. The van der Waals surface area contributed by atoms with Gasteiger partial charge >= 0.3 is 0 Å². The number of halogens is 2. The van der Waals surface area contributed by atoms with Gasteiger partial charge in [-0.25, -0.2) is 21.9 Å². The molecule has 0 aliphatic carbocycles. The predicted molar refractivity (Wildman–Crippen MR) is 127 cm³/mol. The predicted octanol–water partition coefficient (Wildman–Crippen LogP) is 2.75. The number of hydrogen-bond acceptors (Lipinski definition) is 6. The molecule has 0 unspecified atom stereocenters. The van der Waals surface area contributed by atoms with Crippen molar-refractivity contribution in [3.05, 3.63) is 65.4 Å². The second kappa shape index (κ2) is 8.46. The Morgan fingerprint density at radius 3 is 2.42 bits per heavy atom. The summed E-state index contributed by atoms with van der Waals surface area (Å²) in [5.74, 6) is -3.25. The highest BCUT2D eigenvalue weighted by Crippen LogP contribution is 2.41. The van der Waals surface area contributed by atoms with Crippen LogP contribution in [0, 0.1) is 0 Å². The number of carbonyl (C=O) groups is 1. The van der Waals surface area contributed by atoms with Gasteiger partial charge in [0.25, 0.3) is 11.8 Å². The zero-order chi connectivity index (χ0) is 25.1. The third-order valence-corrected chi connectivity index (χ3v) is 8.49. The van der Waals surface area contributed by atoms with Crippen molar-refractivity contribution in [3.63, 3.8) is 0 Å². The summed E-state index contributed by atoms with van der Waals surface area (Å²) in [5, 5.41) is 4.65. The lowest BCUT2D eigenvalue weighted by Crippen LogP contribution is -2.55. The monoisotopic (exact) mass is 514 g/mol. The summed E-state index contributed by atoms with van der Waals surface area (Å²) >= 11 is 0. The molecule has 188 valence electrons. The first-order valence-electron chi connectivity index (χ1n) is 11.7. The first-order chi connectivity index (χ1) is 17.2. The Bertz CT molecular complexity index is 1440. The minimum Gasteiger partial charge on any atom is -0.378 e. The Kier molecular flexibility index (Phi) is 5.47. The highest BCUT2D eigenvalue weighted by molar-refractivity contribution is 7.90. The van der Waals surface area contributed by atoms with E-state index in [0.717, 1.165) is 5.56 Å². The summed E-state index contributed by atoms with van der Waals surface area (Å²) in [5.41, 5.74) is 3.11. The van der Waals surface area contributed by atoms with Crippen molar-refractivity contribution in [1.82, 2.24) is 19.6 Å². The van der Waals surface area contributed by atoms with Gasteiger partial charge in [0.2, 0.25) is 0 Å². The van der Waals surface area contributed by atoms with Crippen LogP contribution < -0.4 is 0 Å². The number of carbonyl (C=O) groups excluding carboxylic acids is 1. The molecule has 1 amide bonds. The third-order valence-electron chi connectivity index (χ3n) is 6.79. The van der Waals surface area contributed by atoms with Crippen molar-refractivity contribution in [3.8, 4) is 16.9 Å². The van der Waals surface area contributed by atoms with Crippen molar-refractivity contribution >= 4 is 15.7 Å². The Hall–Kier alpha value is -3.15. The van der Waals surface area contributed by atoms with Crippen LogP contribution in [-0.4, -0.2) is 79.2 Å². The minimum absolute atomic E-state index is 0.122. The molecule has 4 heterocycles. The number of aromatic nitrogens is 2. The van der Waals surface area contributed by atoms with Gasteiger partial charge in [-0.2, -0.15) is 5.10 Å². The zero-order valence-corrected chi connectivity index (χ0v) is 20.2. The van der Waals surface area contributed by atoms with Gasteiger partial charge in [-0.3, -0.25) is 9.69 Å². The van der Waals surface area contributed by atoms with Crippen molar-refractivity contribution in [2.75, 3.05) is 39.4 Å². The standard InChI is InChI=1S/C25H24F2N4O4S/c26-25(27)15-29(16-25)13-17-5-7-18(8-6-17)31-23-19-3-1-2-4-21(19)36(33,34)14-20(23)22(28-31)24(32)30-9-11-35-12-10-30/h1-8H,9-16H2.